The van der Waals surface area contributed by atoms with Crippen LogP contribution in [0, 0.1) is 0 Å². The first-order valence-corrected chi connectivity index (χ1v) is 7.02. The molecule has 5 nitrogen and oxygen atoms in total. The fourth-order valence-electron chi connectivity index (χ4n) is 1.60. The average molecular weight is 377 g/mol. The Hall–Kier alpha value is -1.87. The van der Waals surface area contributed by atoms with Crippen LogP contribution >= 0.6 is 15.9 Å². The van der Waals surface area contributed by atoms with Crippen molar-refractivity contribution in [1.29, 1.82) is 0 Å². The molecule has 0 unspecified atom stereocenters. The fraction of sp³-hybridized carbons (Fsp3) is 0.231. The normalized spacial score (nSPS) is 11.3. The van der Waals surface area contributed by atoms with Crippen LogP contribution in [0.1, 0.15) is 5.69 Å². The van der Waals surface area contributed by atoms with Crippen molar-refractivity contribution >= 4 is 33.4 Å². The number of nitrogens with zero attached hydrogens (tertiary/aromatic N) is 2. The number of rotatable bonds is 5. The van der Waals surface area contributed by atoms with E-state index < -0.39 is 11.9 Å². The van der Waals surface area contributed by atoms with Crippen molar-refractivity contribution in [2.75, 3.05) is 23.8 Å². The Bertz CT molecular complexity index is 651. The molecule has 118 valence electrons. The van der Waals surface area contributed by atoms with Crippen LogP contribution in [0.25, 0.3) is 0 Å². The van der Waals surface area contributed by atoms with Gasteiger partial charge in [-0.15, -0.1) is 0 Å². The van der Waals surface area contributed by atoms with Crippen LogP contribution in [-0.2, 0) is 6.18 Å². The van der Waals surface area contributed by atoms with Crippen LogP contribution < -0.4 is 10.6 Å². The topological polar surface area (TPSA) is 70.1 Å². The molecule has 1 heterocycles. The quantitative estimate of drug-likeness (QED) is 0.745. The van der Waals surface area contributed by atoms with Crippen molar-refractivity contribution in [3.63, 3.8) is 0 Å². The van der Waals surface area contributed by atoms with Gasteiger partial charge in [0.15, 0.2) is 5.69 Å². The van der Waals surface area contributed by atoms with E-state index >= 15 is 0 Å². The molecule has 1 aromatic heterocycles. The second kappa shape index (κ2) is 6.93. The summed E-state index contributed by atoms with van der Waals surface area (Å²) in [4.78, 5) is 7.35. The van der Waals surface area contributed by atoms with Gasteiger partial charge >= 0.3 is 6.18 Å². The number of hydrogen-bond acceptors (Lipinski definition) is 5. The number of benzene rings is 1. The van der Waals surface area contributed by atoms with Crippen molar-refractivity contribution in [3.05, 3.63) is 40.5 Å². The highest BCUT2D eigenvalue weighted by Crippen LogP contribution is 2.31. The monoisotopic (exact) mass is 376 g/mol. The predicted octanol–water partition coefficient (Wildman–Crippen LogP) is 3.41. The van der Waals surface area contributed by atoms with Gasteiger partial charge in [0.25, 0.3) is 0 Å². The molecule has 2 aromatic rings. The van der Waals surface area contributed by atoms with E-state index in [9.17, 15) is 13.2 Å². The van der Waals surface area contributed by atoms with Crippen molar-refractivity contribution in [1.82, 2.24) is 9.97 Å². The second-order valence-electron chi connectivity index (χ2n) is 4.22. The lowest BCUT2D eigenvalue weighted by Crippen LogP contribution is -2.15. The van der Waals surface area contributed by atoms with E-state index in [1.807, 2.05) is 0 Å². The molecule has 0 aliphatic rings. The van der Waals surface area contributed by atoms with Crippen LogP contribution in [0.15, 0.2) is 34.8 Å². The van der Waals surface area contributed by atoms with Crippen LogP contribution in [0.3, 0.4) is 0 Å². The molecule has 0 saturated carbocycles. The van der Waals surface area contributed by atoms with Gasteiger partial charge < -0.3 is 15.7 Å². The van der Waals surface area contributed by atoms with Gasteiger partial charge in [-0.25, -0.2) is 4.98 Å². The smallest absolute Gasteiger partial charge is 0.395 e. The maximum atomic E-state index is 12.9. The molecular formula is C13H12BrF3N4O. The molecule has 0 atom stereocenters. The number of alkyl halides is 3. The first kappa shape index (κ1) is 16.5. The maximum absolute atomic E-state index is 12.9. The third-order valence-corrected chi connectivity index (χ3v) is 3.24. The summed E-state index contributed by atoms with van der Waals surface area (Å²) in [5, 5.41) is 14.1. The number of anilines is 3. The van der Waals surface area contributed by atoms with Gasteiger partial charge in [-0.3, -0.25) is 0 Å². The predicted molar refractivity (Wildman–Crippen MR) is 80.0 cm³/mol. The number of para-hydroxylation sites is 1. The van der Waals surface area contributed by atoms with Gasteiger partial charge in [0.05, 0.1) is 12.3 Å². The SMILES string of the molecule is OCCNc1nc(Nc2ccccc2Br)cc(C(F)(F)F)n1. The summed E-state index contributed by atoms with van der Waals surface area (Å²) in [5.74, 6) is -0.215. The molecular weight excluding hydrogens is 365 g/mol. The lowest BCUT2D eigenvalue weighted by atomic mass is 10.3. The first-order valence-electron chi connectivity index (χ1n) is 6.22. The van der Waals surface area contributed by atoms with Crippen molar-refractivity contribution in [3.8, 4) is 0 Å². The van der Waals surface area contributed by atoms with Gasteiger partial charge in [0, 0.05) is 17.1 Å². The summed E-state index contributed by atoms with van der Waals surface area (Å²) in [6.07, 6.45) is -4.59. The zero-order chi connectivity index (χ0) is 16.2. The van der Waals surface area contributed by atoms with Gasteiger partial charge in [0.1, 0.15) is 5.82 Å². The minimum atomic E-state index is -4.59. The Morgan fingerprint density at radius 2 is 1.91 bits per heavy atom. The minimum absolute atomic E-state index is 0.00494. The van der Waals surface area contributed by atoms with E-state index in [2.05, 4.69) is 36.5 Å². The van der Waals surface area contributed by atoms with Crippen LogP contribution in [0.4, 0.5) is 30.6 Å². The standard InChI is InChI=1S/C13H12BrF3N4O/c14-8-3-1-2-4-9(8)19-11-7-10(13(15,16)17)20-12(21-11)18-5-6-22/h1-4,7,22H,5-6H2,(H2,18,19,20,21). The van der Waals surface area contributed by atoms with Gasteiger partial charge in [-0.05, 0) is 28.1 Å². The van der Waals surface area contributed by atoms with E-state index in [1.54, 1.807) is 24.3 Å². The molecule has 22 heavy (non-hydrogen) atoms. The van der Waals surface area contributed by atoms with E-state index in [0.717, 1.165) is 6.07 Å². The largest absolute Gasteiger partial charge is 0.433 e. The Balaban J connectivity index is 2.35. The highest BCUT2D eigenvalue weighted by atomic mass is 79.9. The second-order valence-corrected chi connectivity index (χ2v) is 5.07. The zero-order valence-electron chi connectivity index (χ0n) is 11.2. The molecule has 0 radical (unpaired) electrons. The summed E-state index contributed by atoms with van der Waals surface area (Å²) in [7, 11) is 0. The first-order chi connectivity index (χ1) is 10.4. The number of halogens is 4. The highest BCUT2D eigenvalue weighted by molar-refractivity contribution is 9.10. The molecule has 0 saturated heterocycles. The Morgan fingerprint density at radius 1 is 1.18 bits per heavy atom. The molecule has 0 aliphatic carbocycles. The summed E-state index contributed by atoms with van der Waals surface area (Å²) in [6.45, 7) is -0.192. The van der Waals surface area contributed by atoms with Gasteiger partial charge in [-0.1, -0.05) is 12.1 Å². The number of aliphatic hydroxyl groups excluding tert-OH is 1. The Morgan fingerprint density at radius 3 is 2.55 bits per heavy atom. The third kappa shape index (κ3) is 4.31. The molecule has 0 fully saturated rings. The van der Waals surface area contributed by atoms with E-state index in [0.29, 0.717) is 10.2 Å². The summed E-state index contributed by atoms with van der Waals surface area (Å²) >= 11 is 3.30. The van der Waals surface area contributed by atoms with Gasteiger partial charge in [-0.2, -0.15) is 18.2 Å². The number of aliphatic hydroxyl groups is 1. The molecule has 0 aliphatic heterocycles. The lowest BCUT2D eigenvalue weighted by molar-refractivity contribution is -0.141. The van der Waals surface area contributed by atoms with Crippen LogP contribution in [0.5, 0.6) is 0 Å². The van der Waals surface area contributed by atoms with Crippen LogP contribution in [-0.4, -0.2) is 28.2 Å². The number of nitrogens with one attached hydrogen (secondary N) is 2. The molecule has 9 heteroatoms. The molecule has 0 bridgehead atoms. The number of aromatic nitrogens is 2. The average Bonchev–Trinajstić information content (AvgIpc) is 2.46. The summed E-state index contributed by atoms with van der Waals surface area (Å²) in [5.41, 5.74) is -0.500. The highest BCUT2D eigenvalue weighted by Gasteiger charge is 2.33. The minimum Gasteiger partial charge on any atom is -0.395 e. The molecule has 2 rings (SSSR count). The molecule has 3 N–H and O–H groups in total. The summed E-state index contributed by atoms with van der Waals surface area (Å²) in [6, 6.07) is 7.79. The van der Waals surface area contributed by atoms with Crippen molar-refractivity contribution in [2.24, 2.45) is 0 Å². The van der Waals surface area contributed by atoms with Crippen molar-refractivity contribution in [2.45, 2.75) is 6.18 Å². The molecule has 1 aromatic carbocycles. The Labute approximate surface area is 132 Å². The van der Waals surface area contributed by atoms with E-state index in [4.69, 9.17) is 5.11 Å². The number of hydrogen-bond donors (Lipinski definition) is 3. The van der Waals surface area contributed by atoms with E-state index in [1.165, 1.54) is 0 Å². The lowest BCUT2D eigenvalue weighted by Gasteiger charge is -2.13. The third-order valence-electron chi connectivity index (χ3n) is 2.55. The maximum Gasteiger partial charge on any atom is 0.433 e. The Kier molecular flexibility index (Phi) is 5.19. The van der Waals surface area contributed by atoms with E-state index in [-0.39, 0.29) is 24.9 Å². The van der Waals surface area contributed by atoms with Crippen molar-refractivity contribution < 1.29 is 18.3 Å². The molecule has 0 spiro atoms. The fourth-order valence-corrected chi connectivity index (χ4v) is 1.99. The zero-order valence-corrected chi connectivity index (χ0v) is 12.7. The molecule has 0 amide bonds. The summed E-state index contributed by atoms with van der Waals surface area (Å²) < 4.78 is 39.3. The van der Waals surface area contributed by atoms with Crippen LogP contribution in [0.2, 0.25) is 0 Å². The van der Waals surface area contributed by atoms with Gasteiger partial charge in [0.2, 0.25) is 5.95 Å².